The quantitative estimate of drug-likeness (QED) is 0.802. The van der Waals surface area contributed by atoms with Crippen molar-refractivity contribution in [2.75, 3.05) is 0 Å². The second kappa shape index (κ2) is 4.25. The maximum atomic E-state index is 13.1. The van der Waals surface area contributed by atoms with E-state index in [1.807, 2.05) is 0 Å². The molecule has 0 aliphatic carbocycles. The average Bonchev–Trinajstić information content (AvgIpc) is 2.19. The Bertz CT molecular complexity index is 411. The number of benzene rings is 1. The van der Waals surface area contributed by atoms with E-state index in [2.05, 4.69) is 0 Å². The SMILES string of the molecule is Cc1cccc([C@@H](N)C(F)(F)C(F)(F)F)c1C. The van der Waals surface area contributed by atoms with Crippen LogP contribution in [-0.4, -0.2) is 12.1 Å². The van der Waals surface area contributed by atoms with Crippen molar-refractivity contribution >= 4 is 0 Å². The first kappa shape index (κ1) is 13.9. The van der Waals surface area contributed by atoms with Crippen LogP contribution in [0.15, 0.2) is 18.2 Å². The number of nitrogens with two attached hydrogens (primary N) is 1. The highest BCUT2D eigenvalue weighted by molar-refractivity contribution is 5.36. The van der Waals surface area contributed by atoms with Crippen LogP contribution in [0.1, 0.15) is 22.7 Å². The molecule has 0 fully saturated rings. The van der Waals surface area contributed by atoms with E-state index in [1.54, 1.807) is 13.0 Å². The summed E-state index contributed by atoms with van der Waals surface area (Å²) in [6.07, 6.45) is -5.65. The van der Waals surface area contributed by atoms with Crippen LogP contribution in [0.4, 0.5) is 22.0 Å². The van der Waals surface area contributed by atoms with Crippen LogP contribution in [-0.2, 0) is 0 Å². The first-order chi connectivity index (χ1) is 7.59. The Morgan fingerprint density at radius 3 is 2.06 bits per heavy atom. The van der Waals surface area contributed by atoms with Gasteiger partial charge in [0.2, 0.25) is 0 Å². The number of aryl methyl sites for hydroxylation is 1. The number of halogens is 5. The molecule has 2 N–H and O–H groups in total. The van der Waals surface area contributed by atoms with E-state index >= 15 is 0 Å². The molecule has 0 aliphatic heterocycles. The zero-order valence-electron chi connectivity index (χ0n) is 9.28. The van der Waals surface area contributed by atoms with Gasteiger partial charge in [0.15, 0.2) is 0 Å². The maximum absolute atomic E-state index is 13.1. The lowest BCUT2D eigenvalue weighted by Gasteiger charge is -2.27. The van der Waals surface area contributed by atoms with Gasteiger partial charge in [-0.1, -0.05) is 18.2 Å². The van der Waals surface area contributed by atoms with Gasteiger partial charge >= 0.3 is 12.1 Å². The normalized spacial score (nSPS) is 14.8. The third kappa shape index (κ3) is 2.41. The van der Waals surface area contributed by atoms with E-state index in [0.717, 1.165) is 0 Å². The predicted octanol–water partition coefficient (Wildman–Crippen LogP) is 3.50. The van der Waals surface area contributed by atoms with Crippen molar-refractivity contribution in [2.24, 2.45) is 5.73 Å². The molecular formula is C11H12F5N. The molecule has 0 aromatic heterocycles. The second-order valence-electron chi connectivity index (χ2n) is 3.89. The molecule has 0 aliphatic rings. The highest BCUT2D eigenvalue weighted by atomic mass is 19.4. The number of rotatable bonds is 2. The second-order valence-corrected chi connectivity index (χ2v) is 3.89. The Morgan fingerprint density at radius 2 is 1.59 bits per heavy atom. The minimum Gasteiger partial charge on any atom is -0.319 e. The fourth-order valence-corrected chi connectivity index (χ4v) is 1.48. The lowest BCUT2D eigenvalue weighted by atomic mass is 9.94. The molecule has 6 heteroatoms. The summed E-state index contributed by atoms with van der Waals surface area (Å²) < 4.78 is 62.7. The van der Waals surface area contributed by atoms with Crippen LogP contribution in [0.5, 0.6) is 0 Å². The van der Waals surface area contributed by atoms with E-state index in [-0.39, 0.29) is 5.56 Å². The summed E-state index contributed by atoms with van der Waals surface area (Å²) in [6.45, 7) is 3.09. The van der Waals surface area contributed by atoms with E-state index in [4.69, 9.17) is 5.73 Å². The highest BCUT2D eigenvalue weighted by Gasteiger charge is 2.61. The molecule has 0 amide bonds. The summed E-state index contributed by atoms with van der Waals surface area (Å²) >= 11 is 0. The summed E-state index contributed by atoms with van der Waals surface area (Å²) in [7, 11) is 0. The number of alkyl halides is 5. The van der Waals surface area contributed by atoms with Gasteiger partial charge in [0.05, 0.1) is 0 Å². The molecular weight excluding hydrogens is 241 g/mol. The van der Waals surface area contributed by atoms with Crippen molar-refractivity contribution in [3.8, 4) is 0 Å². The van der Waals surface area contributed by atoms with Gasteiger partial charge < -0.3 is 5.73 Å². The minimum atomic E-state index is -5.65. The van der Waals surface area contributed by atoms with Crippen LogP contribution in [0, 0.1) is 13.8 Å². The molecule has 1 atom stereocenters. The van der Waals surface area contributed by atoms with Crippen LogP contribution >= 0.6 is 0 Å². The Labute approximate surface area is 95.4 Å². The first-order valence-corrected chi connectivity index (χ1v) is 4.85. The monoisotopic (exact) mass is 253 g/mol. The predicted molar refractivity (Wildman–Crippen MR) is 53.8 cm³/mol. The van der Waals surface area contributed by atoms with Crippen molar-refractivity contribution in [1.29, 1.82) is 0 Å². The fraction of sp³-hybridized carbons (Fsp3) is 0.455. The smallest absolute Gasteiger partial charge is 0.319 e. The van der Waals surface area contributed by atoms with Crippen LogP contribution < -0.4 is 5.73 Å². The zero-order chi connectivity index (χ0) is 13.4. The molecule has 96 valence electrons. The summed E-state index contributed by atoms with van der Waals surface area (Å²) in [5, 5.41) is 0. The first-order valence-electron chi connectivity index (χ1n) is 4.85. The van der Waals surface area contributed by atoms with E-state index in [9.17, 15) is 22.0 Å². The largest absolute Gasteiger partial charge is 0.455 e. The Morgan fingerprint density at radius 1 is 1.06 bits per heavy atom. The van der Waals surface area contributed by atoms with Crippen molar-refractivity contribution in [3.05, 3.63) is 34.9 Å². The van der Waals surface area contributed by atoms with Crippen LogP contribution in [0.25, 0.3) is 0 Å². The van der Waals surface area contributed by atoms with E-state index in [0.29, 0.717) is 11.1 Å². The number of hydrogen-bond donors (Lipinski definition) is 1. The standard InChI is InChI=1S/C11H12F5N/c1-6-4-3-5-8(7(6)2)9(17)10(12,13)11(14,15)16/h3-5,9H,17H2,1-2H3/t9-/m1/s1. The Balaban J connectivity index is 3.22. The van der Waals surface area contributed by atoms with Crippen molar-refractivity contribution in [1.82, 2.24) is 0 Å². The van der Waals surface area contributed by atoms with E-state index < -0.39 is 18.1 Å². The van der Waals surface area contributed by atoms with Gasteiger partial charge in [0, 0.05) is 0 Å². The molecule has 0 saturated heterocycles. The highest BCUT2D eigenvalue weighted by Crippen LogP contribution is 2.44. The molecule has 0 bridgehead atoms. The zero-order valence-corrected chi connectivity index (χ0v) is 9.28. The van der Waals surface area contributed by atoms with E-state index in [1.165, 1.54) is 19.1 Å². The molecule has 1 aromatic carbocycles. The van der Waals surface area contributed by atoms with Gasteiger partial charge in [-0.3, -0.25) is 0 Å². The van der Waals surface area contributed by atoms with Crippen LogP contribution in [0.3, 0.4) is 0 Å². The molecule has 17 heavy (non-hydrogen) atoms. The molecule has 1 nitrogen and oxygen atoms in total. The van der Waals surface area contributed by atoms with Crippen LogP contribution in [0.2, 0.25) is 0 Å². The van der Waals surface area contributed by atoms with Crippen molar-refractivity contribution in [3.63, 3.8) is 0 Å². The Hall–Kier alpha value is -1.17. The molecule has 0 saturated carbocycles. The van der Waals surface area contributed by atoms with Gasteiger partial charge in [-0.05, 0) is 30.5 Å². The van der Waals surface area contributed by atoms with Crippen molar-refractivity contribution < 1.29 is 22.0 Å². The maximum Gasteiger partial charge on any atom is 0.455 e. The average molecular weight is 253 g/mol. The van der Waals surface area contributed by atoms with Gasteiger partial charge in [0.25, 0.3) is 0 Å². The molecule has 0 heterocycles. The summed E-state index contributed by atoms with van der Waals surface area (Å²) in [4.78, 5) is 0. The van der Waals surface area contributed by atoms with Gasteiger partial charge in [-0.25, -0.2) is 0 Å². The van der Waals surface area contributed by atoms with Gasteiger partial charge in [-0.15, -0.1) is 0 Å². The van der Waals surface area contributed by atoms with Crippen molar-refractivity contribution in [2.45, 2.75) is 32.0 Å². The summed E-state index contributed by atoms with van der Waals surface area (Å²) in [5.41, 5.74) is 5.84. The molecule has 1 aromatic rings. The third-order valence-corrected chi connectivity index (χ3v) is 2.75. The number of hydrogen-bond acceptors (Lipinski definition) is 1. The topological polar surface area (TPSA) is 26.0 Å². The van der Waals surface area contributed by atoms with Gasteiger partial charge in [0.1, 0.15) is 6.04 Å². The summed E-state index contributed by atoms with van der Waals surface area (Å²) in [5.74, 6) is -4.94. The molecule has 0 spiro atoms. The van der Waals surface area contributed by atoms with Gasteiger partial charge in [-0.2, -0.15) is 22.0 Å². The Kier molecular flexibility index (Phi) is 3.47. The molecule has 1 rings (SSSR count). The lowest BCUT2D eigenvalue weighted by molar-refractivity contribution is -0.291. The molecule has 0 unspecified atom stereocenters. The minimum absolute atomic E-state index is 0.188. The molecule has 0 radical (unpaired) electrons. The lowest BCUT2D eigenvalue weighted by Crippen LogP contribution is -2.46. The third-order valence-electron chi connectivity index (χ3n) is 2.75. The fourth-order valence-electron chi connectivity index (χ4n) is 1.48. The summed E-state index contributed by atoms with van der Waals surface area (Å²) in [6, 6.07) is 1.83.